The molecule has 26 heteroatoms. The molecule has 0 atom stereocenters. The molecule has 0 aromatic carbocycles. The molecule has 0 aromatic heterocycles. The molecule has 0 saturated heterocycles. The molecule has 0 aliphatic carbocycles. The largest absolute Gasteiger partial charge is 0.319 e. The molecule has 0 aromatic rings. The molecule has 1 nitrogen and oxygen atoms in total. The van der Waals surface area contributed by atoms with Crippen molar-refractivity contribution in [1.82, 2.24) is 3.43 Å². The lowest BCUT2D eigenvalue weighted by atomic mass is 8.39. The molecule has 0 amide bonds. The Hall–Kier alpha value is 2.25. The minimum Gasteiger partial charge on any atom is -0.319 e. The van der Waals surface area contributed by atoms with Gasteiger partial charge in [-0.2, -0.15) is 0 Å². The van der Waals surface area contributed by atoms with Gasteiger partial charge < -0.3 is 3.43 Å². The molecule has 0 spiro atoms. The highest BCUT2D eigenvalue weighted by atomic mass is 127. The van der Waals surface area contributed by atoms with Crippen molar-refractivity contribution < 1.29 is 1.41 Å². The van der Waals surface area contributed by atoms with Crippen LogP contribution in [0.2, 0.25) is 1.41 Å². The summed E-state index contributed by atoms with van der Waals surface area (Å²) in [5, 5.41) is 0. The summed E-state index contributed by atoms with van der Waals surface area (Å²) in [6, 6.07) is 0. The van der Waals surface area contributed by atoms with Gasteiger partial charge in [0.05, 0.1) is 0 Å². The van der Waals surface area contributed by atoms with Gasteiger partial charge in [0.25, 0.3) is 0 Å². The highest BCUT2D eigenvalue weighted by molar-refractivity contribution is 14.1. The number of halogens is 1. The van der Waals surface area contributed by atoms with Crippen molar-refractivity contribution in [3.63, 3.8) is 0 Å². The van der Waals surface area contributed by atoms with E-state index in [9.17, 15) is 0 Å². The Balaban J connectivity index is 6.61. The third-order valence-corrected chi connectivity index (χ3v) is 5.32. The molecule has 25 radical (unpaired) electrons. The minimum absolute atomic E-state index is 0.741. The van der Waals surface area contributed by atoms with E-state index < -0.39 is 70.5 Å². The van der Waals surface area contributed by atoms with Crippen molar-refractivity contribution in [2.24, 2.45) is 0 Å². The van der Waals surface area contributed by atoms with Crippen LogP contribution in [0, 0.1) is 0 Å². The summed E-state index contributed by atoms with van der Waals surface area (Å²) in [6.45, 7) is -0.830. The zero-order valence-corrected chi connectivity index (χ0v) is 16.8. The molecule has 0 rings (SSSR count). The van der Waals surface area contributed by atoms with Gasteiger partial charge in [-0.25, -0.2) is 0 Å². The molecule has 26 heavy (non-hydrogen) atoms. The van der Waals surface area contributed by atoms with E-state index in [1.165, 1.54) is 7.06 Å². The molecule has 0 unspecified atom stereocenters. The van der Waals surface area contributed by atoms with Crippen molar-refractivity contribution >= 4 is 193 Å². The van der Waals surface area contributed by atoms with Gasteiger partial charge in [-0.1, -0.05) is 0 Å². The highest BCUT2D eigenvalue weighted by Gasteiger charge is 2.50. The zero-order chi connectivity index (χ0) is 21.6. The van der Waals surface area contributed by atoms with Gasteiger partial charge in [0.15, 0.2) is 0 Å². The number of hydrogen-bond acceptors (Lipinski definition) is 1. The van der Waals surface area contributed by atoms with E-state index in [4.69, 9.17) is 94.3 Å². The first kappa shape index (κ1) is 26.3. The Morgan fingerprint density at radius 3 is 1.12 bits per heavy atom. The van der Waals surface area contributed by atoms with Crippen molar-refractivity contribution in [2.75, 3.05) is 0 Å². The lowest BCUT2D eigenvalue weighted by molar-refractivity contribution is 1.79. The van der Waals surface area contributed by atoms with Gasteiger partial charge in [0.1, 0.15) is 8.04 Å². The maximum atomic E-state index is 8.28. The van der Waals surface area contributed by atoms with E-state index in [0.29, 0.717) is 0 Å². The van der Waals surface area contributed by atoms with Gasteiger partial charge >= 0.3 is 0 Å². The van der Waals surface area contributed by atoms with Gasteiger partial charge in [0.2, 0.25) is 0 Å². The first-order valence-corrected chi connectivity index (χ1v) is 9.06. The fourth-order valence-corrected chi connectivity index (χ4v) is 4.22. The second-order valence-corrected chi connectivity index (χ2v) is 7.11. The van der Waals surface area contributed by atoms with E-state index in [0.717, 1.165) is 3.43 Å². The highest BCUT2D eigenvalue weighted by Crippen LogP contribution is 2.10. The molecule has 0 heterocycles. The first-order valence-electron chi connectivity index (χ1n) is 8.54. The molecule has 0 aliphatic heterocycles. The fourth-order valence-electron chi connectivity index (χ4n) is 3.48. The average molecular weight is 403 g/mol. The van der Waals surface area contributed by atoms with E-state index in [-0.39, 0.29) is 0 Å². The van der Waals surface area contributed by atoms with Crippen LogP contribution in [0.4, 0.5) is 0 Å². The molecule has 1 N–H and O–H groups in total. The average Bonchev–Trinajstić information content (AvgIpc) is 2.48. The summed E-state index contributed by atoms with van der Waals surface area (Å²) in [4.78, 5) is 0. The van der Waals surface area contributed by atoms with Crippen LogP contribution in [-0.4, -0.2) is 170 Å². The molecular weight excluding hydrogens is 400 g/mol. The maximum Gasteiger partial charge on any atom is 0.129 e. The quantitative estimate of drug-likeness (QED) is 0.194. The summed E-state index contributed by atoms with van der Waals surface area (Å²) in [6.07, 6.45) is -8.85. The van der Waals surface area contributed by atoms with Crippen molar-refractivity contribution in [2.45, 2.75) is 0 Å². The minimum atomic E-state index is -0.999. The third kappa shape index (κ3) is 7.82. The van der Waals surface area contributed by atoms with Crippen LogP contribution in [0.1, 0.15) is 0 Å². The maximum absolute atomic E-state index is 8.28. The van der Waals surface area contributed by atoms with Crippen LogP contribution >= 0.6 is 22.9 Å². The van der Waals surface area contributed by atoms with Crippen LogP contribution in [0.5, 0.6) is 0 Å². The normalized spacial score (nSPS) is 10.2. The standard InChI is InChI=1S/B24HIN/c1-13-19(12)22(18(10)11)24(26-25)23(20(14(2)3)15(4)5)21(16(6)7)17(8)9/h26H/i/hT. The molecule has 0 fully saturated rings. The van der Waals surface area contributed by atoms with Crippen LogP contribution in [0.3, 0.4) is 0 Å². The van der Waals surface area contributed by atoms with Gasteiger partial charge in [0, 0.05) is 187 Å². The topological polar surface area (TPSA) is 12.0 Å². The smallest absolute Gasteiger partial charge is 0.129 e. The van der Waals surface area contributed by atoms with Crippen molar-refractivity contribution in [3.05, 3.63) is 0 Å². The zero-order valence-electron chi connectivity index (χ0n) is 15.7. The van der Waals surface area contributed by atoms with Crippen LogP contribution in [0.15, 0.2) is 0 Å². The molecule has 0 bridgehead atoms. The predicted molar refractivity (Wildman–Crippen MR) is 155 cm³/mol. The first-order chi connectivity index (χ1) is 12.3. The Morgan fingerprint density at radius 1 is 0.615 bits per heavy atom. The summed E-state index contributed by atoms with van der Waals surface area (Å²) in [5.74, 6) is 0. The van der Waals surface area contributed by atoms with E-state index in [1.54, 1.807) is 22.9 Å². The third-order valence-electron chi connectivity index (χ3n) is 4.68. The summed E-state index contributed by atoms with van der Waals surface area (Å²) >= 11 is 1.73. The lowest BCUT2D eigenvalue weighted by Gasteiger charge is -2.45. The van der Waals surface area contributed by atoms with Crippen molar-refractivity contribution in [3.8, 4) is 0 Å². The summed E-state index contributed by atoms with van der Waals surface area (Å²) in [5.41, 5.74) is 0. The summed E-state index contributed by atoms with van der Waals surface area (Å²) < 4.78 is 9.35. The van der Waals surface area contributed by atoms with E-state index in [2.05, 4.69) is 0 Å². The molecule has 0 saturated carbocycles. The lowest BCUT2D eigenvalue weighted by Crippen LogP contribution is -2.85. The fraction of sp³-hybridized carbons (Fsp3) is 0. The molecular formula is HB24IN. The SMILES string of the molecule is [3H]N(I)B(B(B([B])[B])B([B])[B][B])B(B(B([B])[B])B([B])[B])B(B([B])[B])B([B])[B]. The summed E-state index contributed by atoms with van der Waals surface area (Å²) in [7, 11) is 72.4. The van der Waals surface area contributed by atoms with Crippen molar-refractivity contribution in [1.29, 1.82) is 0 Å². The van der Waals surface area contributed by atoms with Crippen LogP contribution in [-0.2, 0) is 0 Å². The number of rotatable bonds is 12. The van der Waals surface area contributed by atoms with E-state index in [1.807, 2.05) is 0 Å². The number of hydrogen-bond donors (Lipinski definition) is 1. The second kappa shape index (κ2) is 13.5. The second-order valence-electron chi connectivity index (χ2n) is 6.55. The Morgan fingerprint density at radius 2 is 0.923 bits per heavy atom. The van der Waals surface area contributed by atoms with Crippen LogP contribution in [0.25, 0.3) is 0 Å². The Kier molecular flexibility index (Phi) is 13.7. The number of nitrogens with one attached hydrogen (secondary N) is 1. The van der Waals surface area contributed by atoms with Gasteiger partial charge in [-0.15, -0.1) is 0 Å². The molecule has 85 valence electrons. The van der Waals surface area contributed by atoms with Gasteiger partial charge in [-0.3, -0.25) is 0 Å². The molecule has 0 aliphatic rings. The Labute approximate surface area is 196 Å². The monoisotopic (exact) mass is 408 g/mol. The van der Waals surface area contributed by atoms with E-state index >= 15 is 0 Å². The van der Waals surface area contributed by atoms with Crippen LogP contribution < -0.4 is 3.43 Å². The predicted octanol–water partition coefficient (Wildman–Crippen LogP) is -8.75. The Bertz CT molecular complexity index is 356. The van der Waals surface area contributed by atoms with Gasteiger partial charge in [-0.05, 0) is 0 Å².